The van der Waals surface area contributed by atoms with Crippen molar-refractivity contribution < 1.29 is 5.11 Å². The molecule has 0 radical (unpaired) electrons. The summed E-state index contributed by atoms with van der Waals surface area (Å²) in [5, 5.41) is 12.1. The molecule has 1 aromatic heterocycles. The fraction of sp³-hybridized carbons (Fsp3) is 0.600. The zero-order valence-electron chi connectivity index (χ0n) is 8.11. The molecule has 0 aliphatic heterocycles. The number of aliphatic hydroxyl groups is 1. The number of hydrogen-bond acceptors (Lipinski definition) is 4. The molecule has 0 amide bonds. The van der Waals surface area contributed by atoms with E-state index in [0.717, 1.165) is 12.5 Å². The lowest BCUT2D eigenvalue weighted by Crippen LogP contribution is -2.21. The van der Waals surface area contributed by atoms with Gasteiger partial charge in [0.25, 0.3) is 0 Å². The van der Waals surface area contributed by atoms with Crippen LogP contribution in [0.25, 0.3) is 0 Å². The average Bonchev–Trinajstić information content (AvgIpc) is 2.16. The molecule has 4 heteroatoms. The Hall–Kier alpha value is -1.16. The first-order chi connectivity index (χ1) is 6.88. The molecule has 1 aromatic rings. The maximum absolute atomic E-state index is 8.88. The molecule has 0 spiro atoms. The van der Waals surface area contributed by atoms with Gasteiger partial charge in [0.2, 0.25) is 5.95 Å². The molecule has 0 saturated heterocycles. The minimum atomic E-state index is -0.0272. The Morgan fingerprint density at radius 3 is 3.00 bits per heavy atom. The highest BCUT2D eigenvalue weighted by molar-refractivity contribution is 5.24. The molecule has 1 fully saturated rings. The van der Waals surface area contributed by atoms with Crippen LogP contribution in [-0.4, -0.2) is 21.6 Å². The van der Waals surface area contributed by atoms with Gasteiger partial charge in [-0.1, -0.05) is 6.42 Å². The standard InChI is InChI=1S/C10H15N3O/c14-7-9-4-5-11-10(13-9)12-6-8-2-1-3-8/h4-5,8,14H,1-3,6-7H2,(H,11,12,13). The molecule has 1 aliphatic rings. The predicted molar refractivity (Wildman–Crippen MR) is 53.8 cm³/mol. The molecule has 14 heavy (non-hydrogen) atoms. The number of rotatable bonds is 4. The first kappa shape index (κ1) is 9.40. The number of nitrogens with zero attached hydrogens (tertiary/aromatic N) is 2. The first-order valence-electron chi connectivity index (χ1n) is 5.05. The van der Waals surface area contributed by atoms with Gasteiger partial charge >= 0.3 is 0 Å². The molecule has 1 saturated carbocycles. The second-order valence-electron chi connectivity index (χ2n) is 3.71. The van der Waals surface area contributed by atoms with Gasteiger partial charge in [-0.05, 0) is 24.8 Å². The topological polar surface area (TPSA) is 58.0 Å². The van der Waals surface area contributed by atoms with Crippen molar-refractivity contribution in [2.45, 2.75) is 25.9 Å². The summed E-state index contributed by atoms with van der Waals surface area (Å²) in [5.74, 6) is 1.42. The third-order valence-corrected chi connectivity index (χ3v) is 2.65. The Balaban J connectivity index is 1.87. The summed E-state index contributed by atoms with van der Waals surface area (Å²) in [6, 6.07) is 1.72. The predicted octanol–water partition coefficient (Wildman–Crippen LogP) is 1.18. The molecule has 1 heterocycles. The van der Waals surface area contributed by atoms with Gasteiger partial charge in [0.1, 0.15) is 0 Å². The zero-order valence-corrected chi connectivity index (χ0v) is 8.11. The summed E-state index contributed by atoms with van der Waals surface area (Å²) in [6.45, 7) is 0.926. The van der Waals surface area contributed by atoms with Gasteiger partial charge in [0.15, 0.2) is 0 Å². The molecular formula is C10H15N3O. The number of aromatic nitrogens is 2. The van der Waals surface area contributed by atoms with E-state index < -0.39 is 0 Å². The summed E-state index contributed by atoms with van der Waals surface area (Å²) in [4.78, 5) is 8.23. The van der Waals surface area contributed by atoms with Gasteiger partial charge in [-0.3, -0.25) is 0 Å². The number of nitrogens with one attached hydrogen (secondary N) is 1. The maximum atomic E-state index is 8.88. The smallest absolute Gasteiger partial charge is 0.222 e. The van der Waals surface area contributed by atoms with Gasteiger partial charge in [-0.2, -0.15) is 0 Å². The number of hydrogen-bond donors (Lipinski definition) is 2. The van der Waals surface area contributed by atoms with Crippen LogP contribution in [0.4, 0.5) is 5.95 Å². The van der Waals surface area contributed by atoms with Crippen molar-refractivity contribution in [2.75, 3.05) is 11.9 Å². The summed E-state index contributed by atoms with van der Waals surface area (Å²) in [6.07, 6.45) is 5.64. The van der Waals surface area contributed by atoms with E-state index in [9.17, 15) is 0 Å². The lowest BCUT2D eigenvalue weighted by molar-refractivity contribution is 0.276. The molecular weight excluding hydrogens is 178 g/mol. The quantitative estimate of drug-likeness (QED) is 0.754. The molecule has 76 valence electrons. The summed E-state index contributed by atoms with van der Waals surface area (Å²) in [7, 11) is 0. The highest BCUT2D eigenvalue weighted by Crippen LogP contribution is 2.25. The first-order valence-corrected chi connectivity index (χ1v) is 5.05. The van der Waals surface area contributed by atoms with Gasteiger partial charge in [0, 0.05) is 12.7 Å². The van der Waals surface area contributed by atoms with Crippen LogP contribution < -0.4 is 5.32 Å². The molecule has 0 aromatic carbocycles. The average molecular weight is 193 g/mol. The van der Waals surface area contributed by atoms with E-state index in [4.69, 9.17) is 5.11 Å². The van der Waals surface area contributed by atoms with E-state index in [1.807, 2.05) is 0 Å². The van der Waals surface area contributed by atoms with Crippen molar-refractivity contribution in [1.82, 2.24) is 9.97 Å². The van der Waals surface area contributed by atoms with Gasteiger partial charge in [-0.25, -0.2) is 9.97 Å². The zero-order chi connectivity index (χ0) is 9.80. The van der Waals surface area contributed by atoms with Gasteiger partial charge in [-0.15, -0.1) is 0 Å². The monoisotopic (exact) mass is 193 g/mol. The molecule has 1 aliphatic carbocycles. The summed E-state index contributed by atoms with van der Waals surface area (Å²) >= 11 is 0. The third kappa shape index (κ3) is 2.20. The maximum Gasteiger partial charge on any atom is 0.222 e. The normalized spacial score (nSPS) is 16.4. The summed E-state index contributed by atoms with van der Waals surface area (Å²) in [5.41, 5.74) is 0.663. The Labute approximate surface area is 83.4 Å². The van der Waals surface area contributed by atoms with Crippen LogP contribution >= 0.6 is 0 Å². The van der Waals surface area contributed by atoms with Crippen LogP contribution in [0, 0.1) is 5.92 Å². The van der Waals surface area contributed by atoms with Crippen LogP contribution in [0.5, 0.6) is 0 Å². The molecule has 2 rings (SSSR count). The minimum absolute atomic E-state index is 0.0272. The van der Waals surface area contributed by atoms with Crippen molar-refractivity contribution in [3.8, 4) is 0 Å². The Kier molecular flexibility index (Phi) is 2.93. The fourth-order valence-electron chi connectivity index (χ4n) is 1.50. The SMILES string of the molecule is OCc1ccnc(NCC2CCC2)n1. The van der Waals surface area contributed by atoms with E-state index in [-0.39, 0.29) is 6.61 Å². The van der Waals surface area contributed by atoms with Crippen molar-refractivity contribution in [1.29, 1.82) is 0 Å². The van der Waals surface area contributed by atoms with Crippen molar-refractivity contribution in [2.24, 2.45) is 5.92 Å². The third-order valence-electron chi connectivity index (χ3n) is 2.65. The molecule has 4 nitrogen and oxygen atoms in total. The lowest BCUT2D eigenvalue weighted by atomic mass is 9.85. The Bertz CT molecular complexity index is 299. The second-order valence-corrected chi connectivity index (χ2v) is 3.71. The van der Waals surface area contributed by atoms with Crippen molar-refractivity contribution in [3.05, 3.63) is 18.0 Å². The van der Waals surface area contributed by atoms with E-state index >= 15 is 0 Å². The molecule has 0 atom stereocenters. The van der Waals surface area contributed by atoms with Crippen molar-refractivity contribution >= 4 is 5.95 Å². The molecule has 0 bridgehead atoms. The van der Waals surface area contributed by atoms with Crippen LogP contribution in [0.2, 0.25) is 0 Å². The van der Waals surface area contributed by atoms with E-state index in [0.29, 0.717) is 11.6 Å². The van der Waals surface area contributed by atoms with Crippen LogP contribution in [0.3, 0.4) is 0 Å². The molecule has 2 N–H and O–H groups in total. The van der Waals surface area contributed by atoms with Crippen LogP contribution in [-0.2, 0) is 6.61 Å². The lowest BCUT2D eigenvalue weighted by Gasteiger charge is -2.25. The minimum Gasteiger partial charge on any atom is -0.390 e. The van der Waals surface area contributed by atoms with Crippen LogP contribution in [0.15, 0.2) is 12.3 Å². The van der Waals surface area contributed by atoms with Crippen molar-refractivity contribution in [3.63, 3.8) is 0 Å². The highest BCUT2D eigenvalue weighted by Gasteiger charge is 2.16. The Morgan fingerprint density at radius 1 is 1.50 bits per heavy atom. The van der Waals surface area contributed by atoms with Crippen LogP contribution in [0.1, 0.15) is 25.0 Å². The second kappa shape index (κ2) is 4.37. The summed E-state index contributed by atoms with van der Waals surface area (Å²) < 4.78 is 0. The number of anilines is 1. The number of aliphatic hydroxyl groups excluding tert-OH is 1. The van der Waals surface area contributed by atoms with Gasteiger partial charge < -0.3 is 10.4 Å². The van der Waals surface area contributed by atoms with E-state index in [2.05, 4.69) is 15.3 Å². The Morgan fingerprint density at radius 2 is 2.36 bits per heavy atom. The fourth-order valence-corrected chi connectivity index (χ4v) is 1.50. The van der Waals surface area contributed by atoms with Gasteiger partial charge in [0.05, 0.1) is 12.3 Å². The largest absolute Gasteiger partial charge is 0.390 e. The van der Waals surface area contributed by atoms with E-state index in [1.165, 1.54) is 19.3 Å². The molecule has 0 unspecified atom stereocenters. The van der Waals surface area contributed by atoms with E-state index in [1.54, 1.807) is 12.3 Å². The highest BCUT2D eigenvalue weighted by atomic mass is 16.3.